The van der Waals surface area contributed by atoms with E-state index in [2.05, 4.69) is 9.97 Å². The molecule has 184 valence electrons. The van der Waals surface area contributed by atoms with Crippen LogP contribution >= 0.6 is 0 Å². The molecule has 0 amide bonds. The summed E-state index contributed by atoms with van der Waals surface area (Å²) in [5.41, 5.74) is 1.06. The lowest BCUT2D eigenvalue weighted by Gasteiger charge is -2.25. The predicted molar refractivity (Wildman–Crippen MR) is 120 cm³/mol. The summed E-state index contributed by atoms with van der Waals surface area (Å²) in [6.07, 6.45) is 8.80. The maximum atomic E-state index is 10.2. The number of imidazole rings is 1. The van der Waals surface area contributed by atoms with Crippen molar-refractivity contribution in [3.05, 3.63) is 17.7 Å². The van der Waals surface area contributed by atoms with Crippen LogP contribution in [0.15, 0.2) is 6.20 Å². The molecule has 2 saturated heterocycles. The van der Waals surface area contributed by atoms with E-state index < -0.39 is 5.78 Å². The average Bonchev–Trinajstić information content (AvgIpc) is 3.22. The number of H-pyrrole nitrogens is 1. The van der Waals surface area contributed by atoms with Gasteiger partial charge < -0.3 is 28.7 Å². The first-order chi connectivity index (χ1) is 14.8. The highest BCUT2D eigenvalue weighted by molar-refractivity contribution is 6.23. The molecule has 0 bridgehead atoms. The monoisotopic (exact) mass is 456 g/mol. The molecular formula is C23H40N2O7. The van der Waals surface area contributed by atoms with Gasteiger partial charge in [-0.05, 0) is 59.3 Å². The first kappa shape index (κ1) is 30.1. The number of nitrogens with one attached hydrogen (secondary N) is 1. The lowest BCUT2D eigenvalue weighted by molar-refractivity contribution is -0.187. The van der Waals surface area contributed by atoms with E-state index in [0.29, 0.717) is 0 Å². The number of carbonyl (C=O) groups is 3. The third-order valence-corrected chi connectivity index (χ3v) is 4.46. The fourth-order valence-corrected chi connectivity index (χ4v) is 2.84. The van der Waals surface area contributed by atoms with Crippen molar-refractivity contribution in [2.24, 2.45) is 0 Å². The number of Topliss-reactive ketones (excluding diaryl/α,β-unsaturated/α-hetero) is 1. The maximum absolute atomic E-state index is 10.2. The van der Waals surface area contributed by atoms with Gasteiger partial charge in [0.2, 0.25) is 0 Å². The Morgan fingerprint density at radius 1 is 1.09 bits per heavy atom. The van der Waals surface area contributed by atoms with E-state index in [4.69, 9.17) is 23.7 Å². The summed E-state index contributed by atoms with van der Waals surface area (Å²) in [5, 5.41) is 0. The first-order valence-corrected chi connectivity index (χ1v) is 10.8. The van der Waals surface area contributed by atoms with E-state index >= 15 is 0 Å². The fourth-order valence-electron chi connectivity index (χ4n) is 2.84. The van der Waals surface area contributed by atoms with E-state index in [1.54, 1.807) is 6.92 Å². The minimum Gasteiger partial charge on any atom is -0.353 e. The average molecular weight is 457 g/mol. The van der Waals surface area contributed by atoms with Crippen LogP contribution in [-0.4, -0.2) is 60.2 Å². The van der Waals surface area contributed by atoms with Crippen LogP contribution in [0.1, 0.15) is 84.3 Å². The summed E-state index contributed by atoms with van der Waals surface area (Å²) in [5.74, 6) is 0.451. The summed E-state index contributed by atoms with van der Waals surface area (Å²) in [4.78, 5) is 36.2. The quantitative estimate of drug-likeness (QED) is 0.486. The van der Waals surface area contributed by atoms with Gasteiger partial charge in [0.25, 0.3) is 0 Å². The van der Waals surface area contributed by atoms with Gasteiger partial charge in [0.1, 0.15) is 24.3 Å². The number of hydrogen-bond donors (Lipinski definition) is 1. The van der Waals surface area contributed by atoms with Gasteiger partial charge in [-0.15, -0.1) is 0 Å². The second-order valence-corrected chi connectivity index (χ2v) is 7.53. The zero-order chi connectivity index (χ0) is 23.1. The van der Waals surface area contributed by atoms with Crippen LogP contribution in [0.3, 0.4) is 0 Å². The third kappa shape index (κ3) is 13.5. The van der Waals surface area contributed by atoms with Crippen molar-refractivity contribution in [3.63, 3.8) is 0 Å². The molecule has 2 fully saturated rings. The smallest absolute Gasteiger partial charge is 0.192 e. The molecule has 0 radical (unpaired) electrons. The second kappa shape index (κ2) is 17.6. The van der Waals surface area contributed by atoms with Crippen molar-refractivity contribution in [1.82, 2.24) is 9.97 Å². The summed E-state index contributed by atoms with van der Waals surface area (Å²) >= 11 is 0. The van der Waals surface area contributed by atoms with Crippen LogP contribution in [0.2, 0.25) is 0 Å². The molecule has 1 aromatic rings. The van der Waals surface area contributed by atoms with Crippen LogP contribution in [0.4, 0.5) is 0 Å². The number of aromatic amines is 1. The van der Waals surface area contributed by atoms with Crippen LogP contribution in [0.25, 0.3) is 0 Å². The zero-order valence-corrected chi connectivity index (χ0v) is 19.0. The van der Waals surface area contributed by atoms with Gasteiger partial charge in [0.15, 0.2) is 24.6 Å². The Kier molecular flexibility index (Phi) is 16.5. The van der Waals surface area contributed by atoms with E-state index in [-0.39, 0.29) is 38.5 Å². The lowest BCUT2D eigenvalue weighted by Crippen LogP contribution is -2.26. The molecule has 4 atom stereocenters. The third-order valence-electron chi connectivity index (χ3n) is 4.46. The fraction of sp³-hybridized carbons (Fsp3) is 0.739. The minimum absolute atomic E-state index is 0. The molecule has 3 rings (SSSR count). The SMILES string of the molecule is C.CC(=O)C=O.C[C@@H](C=O)OC1CCCCO1.Cc1cnc([C@H](C)OC2CCCCO2)[nH]1. The van der Waals surface area contributed by atoms with Crippen LogP contribution in [-0.2, 0) is 33.3 Å². The Morgan fingerprint density at radius 3 is 2.00 bits per heavy atom. The Balaban J connectivity index is 0.000000500. The molecule has 9 nitrogen and oxygen atoms in total. The minimum atomic E-state index is -0.426. The molecule has 3 heterocycles. The van der Waals surface area contributed by atoms with Gasteiger partial charge in [0, 0.05) is 32.0 Å². The summed E-state index contributed by atoms with van der Waals surface area (Å²) in [7, 11) is 0. The first-order valence-electron chi connectivity index (χ1n) is 10.8. The number of ketones is 1. The number of aryl methyl sites for hydroxylation is 1. The topological polar surface area (TPSA) is 117 Å². The van der Waals surface area contributed by atoms with Crippen molar-refractivity contribution in [3.8, 4) is 0 Å². The van der Waals surface area contributed by atoms with E-state index in [0.717, 1.165) is 63.1 Å². The summed E-state index contributed by atoms with van der Waals surface area (Å²) < 4.78 is 21.8. The molecule has 0 spiro atoms. The molecule has 9 heteroatoms. The predicted octanol–water partition coefficient (Wildman–Crippen LogP) is 3.85. The van der Waals surface area contributed by atoms with Gasteiger partial charge >= 0.3 is 0 Å². The van der Waals surface area contributed by atoms with Crippen molar-refractivity contribution < 1.29 is 33.3 Å². The normalized spacial score (nSPS) is 21.9. The summed E-state index contributed by atoms with van der Waals surface area (Å²) in [6.45, 7) is 8.50. The van der Waals surface area contributed by atoms with Gasteiger partial charge in [-0.1, -0.05) is 7.43 Å². The highest BCUT2D eigenvalue weighted by Gasteiger charge is 2.19. The molecule has 32 heavy (non-hydrogen) atoms. The number of hydrogen-bond acceptors (Lipinski definition) is 8. The van der Waals surface area contributed by atoms with Gasteiger partial charge in [-0.25, -0.2) is 4.98 Å². The van der Waals surface area contributed by atoms with Crippen LogP contribution < -0.4 is 0 Å². The number of carbonyl (C=O) groups excluding carboxylic acids is 3. The van der Waals surface area contributed by atoms with Crippen molar-refractivity contribution in [2.45, 2.75) is 98.4 Å². The van der Waals surface area contributed by atoms with Gasteiger partial charge in [-0.2, -0.15) is 0 Å². The summed E-state index contributed by atoms with van der Waals surface area (Å²) in [6, 6.07) is 0. The van der Waals surface area contributed by atoms with Crippen molar-refractivity contribution in [2.75, 3.05) is 13.2 Å². The Bertz CT molecular complexity index is 638. The maximum Gasteiger partial charge on any atom is 0.192 e. The van der Waals surface area contributed by atoms with E-state index in [1.807, 2.05) is 20.0 Å². The molecule has 2 aliphatic rings. The highest BCUT2D eigenvalue weighted by Crippen LogP contribution is 2.21. The lowest BCUT2D eigenvalue weighted by atomic mass is 10.2. The Morgan fingerprint density at radius 2 is 1.62 bits per heavy atom. The van der Waals surface area contributed by atoms with Crippen LogP contribution in [0.5, 0.6) is 0 Å². The molecule has 1 N–H and O–H groups in total. The molecule has 2 aliphatic heterocycles. The number of rotatable bonds is 7. The second-order valence-electron chi connectivity index (χ2n) is 7.53. The molecule has 0 aromatic carbocycles. The largest absolute Gasteiger partial charge is 0.353 e. The van der Waals surface area contributed by atoms with Crippen LogP contribution in [0, 0.1) is 6.92 Å². The molecule has 0 saturated carbocycles. The van der Waals surface area contributed by atoms with Gasteiger partial charge in [-0.3, -0.25) is 9.59 Å². The van der Waals surface area contributed by atoms with Crippen molar-refractivity contribution >= 4 is 18.4 Å². The van der Waals surface area contributed by atoms with Gasteiger partial charge in [0.05, 0.1) is 0 Å². The Labute approximate surface area is 191 Å². The zero-order valence-electron chi connectivity index (χ0n) is 19.0. The standard InChI is InChI=1S/C11H18N2O2.C8H14O3.C3H4O2.CH4/c1-8-7-12-11(13-8)9(2)15-10-5-3-4-6-14-10;1-7(6-9)11-8-4-2-3-5-10-8;1-3(5)2-4;/h7,9-10H,3-6H2,1-2H3,(H,12,13);6-8H,2-5H2,1H3;2H,1H3;1H4/t9-,10?;7-,8?;;/m00../s1. The molecule has 0 aliphatic carbocycles. The molecule has 1 aromatic heterocycles. The number of aldehydes is 2. The highest BCUT2D eigenvalue weighted by atomic mass is 16.7. The number of nitrogens with zero attached hydrogens (tertiary/aromatic N) is 1. The number of ether oxygens (including phenoxy) is 4. The Hall–Kier alpha value is -1.94. The number of aromatic nitrogens is 2. The van der Waals surface area contributed by atoms with E-state index in [1.165, 1.54) is 13.3 Å². The van der Waals surface area contributed by atoms with Crippen molar-refractivity contribution in [1.29, 1.82) is 0 Å². The van der Waals surface area contributed by atoms with E-state index in [9.17, 15) is 9.59 Å². The molecular weight excluding hydrogens is 416 g/mol. The molecule has 2 unspecified atom stereocenters.